The summed E-state index contributed by atoms with van der Waals surface area (Å²) in [5, 5.41) is 0. The Kier molecular flexibility index (Phi) is 4.67. The van der Waals surface area contributed by atoms with Gasteiger partial charge in [-0.1, -0.05) is 13.0 Å². The highest BCUT2D eigenvalue weighted by Gasteiger charge is 2.29. The Morgan fingerprint density at radius 3 is 2.80 bits per heavy atom. The molecule has 0 radical (unpaired) electrons. The van der Waals surface area contributed by atoms with Crippen LogP contribution in [0.25, 0.3) is 0 Å². The average molecular weight is 298 g/mol. The van der Waals surface area contributed by atoms with Crippen LogP contribution in [0.15, 0.2) is 23.1 Å². The number of ether oxygens (including phenoxy) is 1. The van der Waals surface area contributed by atoms with E-state index in [1.54, 1.807) is 25.1 Å². The minimum Gasteiger partial charge on any atom is -0.398 e. The van der Waals surface area contributed by atoms with E-state index >= 15 is 0 Å². The van der Waals surface area contributed by atoms with Crippen LogP contribution < -0.4 is 5.73 Å². The highest BCUT2D eigenvalue weighted by atomic mass is 32.2. The highest BCUT2D eigenvalue weighted by Crippen LogP contribution is 2.25. The van der Waals surface area contributed by atoms with E-state index in [2.05, 4.69) is 0 Å². The van der Waals surface area contributed by atoms with E-state index in [0.29, 0.717) is 35.8 Å². The Morgan fingerprint density at radius 2 is 2.20 bits per heavy atom. The van der Waals surface area contributed by atoms with Crippen molar-refractivity contribution in [3.63, 3.8) is 0 Å². The van der Waals surface area contributed by atoms with Crippen LogP contribution in [0.4, 0.5) is 5.69 Å². The normalized spacial score (nSPS) is 19.6. The minimum atomic E-state index is -3.49. The lowest BCUT2D eigenvalue weighted by Crippen LogP contribution is -2.35. The van der Waals surface area contributed by atoms with Gasteiger partial charge in [0.25, 0.3) is 0 Å². The first-order valence-corrected chi connectivity index (χ1v) is 8.33. The Labute approximate surface area is 120 Å². The fraction of sp³-hybridized carbons (Fsp3) is 0.571. The number of nitrogen functional groups attached to an aromatic ring is 1. The van der Waals surface area contributed by atoms with Crippen molar-refractivity contribution in [3.05, 3.63) is 23.8 Å². The summed E-state index contributed by atoms with van der Waals surface area (Å²) >= 11 is 0. The molecule has 0 spiro atoms. The smallest absolute Gasteiger partial charge is 0.243 e. The quantitative estimate of drug-likeness (QED) is 0.839. The number of sulfonamides is 1. The summed E-state index contributed by atoms with van der Waals surface area (Å²) in [7, 11) is -3.49. The molecule has 0 bridgehead atoms. The maximum atomic E-state index is 12.8. The van der Waals surface area contributed by atoms with Crippen molar-refractivity contribution in [2.75, 3.05) is 32.0 Å². The molecule has 2 rings (SSSR count). The van der Waals surface area contributed by atoms with Gasteiger partial charge in [-0.15, -0.1) is 0 Å². The van der Waals surface area contributed by atoms with Gasteiger partial charge in [0, 0.05) is 25.4 Å². The van der Waals surface area contributed by atoms with Gasteiger partial charge in [0.05, 0.1) is 11.5 Å². The molecule has 20 heavy (non-hydrogen) atoms. The number of rotatable bonds is 5. The van der Waals surface area contributed by atoms with Gasteiger partial charge in [0.1, 0.15) is 0 Å². The topological polar surface area (TPSA) is 72.6 Å². The van der Waals surface area contributed by atoms with Crippen LogP contribution in [-0.2, 0) is 14.8 Å². The van der Waals surface area contributed by atoms with Crippen molar-refractivity contribution < 1.29 is 13.2 Å². The van der Waals surface area contributed by atoms with Crippen LogP contribution in [-0.4, -0.2) is 39.0 Å². The lowest BCUT2D eigenvalue weighted by molar-refractivity contribution is 0.181. The first kappa shape index (κ1) is 15.3. The number of hydrogen-bond acceptors (Lipinski definition) is 4. The maximum absolute atomic E-state index is 12.8. The minimum absolute atomic E-state index is 0.283. The maximum Gasteiger partial charge on any atom is 0.243 e. The van der Waals surface area contributed by atoms with Crippen LogP contribution in [0.3, 0.4) is 0 Å². The zero-order valence-corrected chi connectivity index (χ0v) is 12.8. The van der Waals surface area contributed by atoms with Gasteiger partial charge in [0.2, 0.25) is 10.0 Å². The van der Waals surface area contributed by atoms with E-state index in [4.69, 9.17) is 10.5 Å². The molecule has 0 aliphatic carbocycles. The van der Waals surface area contributed by atoms with E-state index in [9.17, 15) is 8.42 Å². The average Bonchev–Trinajstić information content (AvgIpc) is 2.91. The standard InChI is InChI=1S/C14H22N2O3S/c1-3-16(9-12-7-8-19-10-12)20(17,18)14-6-4-5-13(15)11(14)2/h4-6,12H,3,7-10,15H2,1-2H3. The van der Waals surface area contributed by atoms with Gasteiger partial charge in [-0.2, -0.15) is 4.31 Å². The molecule has 0 saturated carbocycles. The molecule has 6 heteroatoms. The van der Waals surface area contributed by atoms with Gasteiger partial charge in [0.15, 0.2) is 0 Å². The molecule has 0 amide bonds. The Morgan fingerprint density at radius 1 is 1.45 bits per heavy atom. The molecule has 1 heterocycles. The highest BCUT2D eigenvalue weighted by molar-refractivity contribution is 7.89. The van der Waals surface area contributed by atoms with E-state index in [-0.39, 0.29) is 5.92 Å². The Hall–Kier alpha value is -1.11. The summed E-state index contributed by atoms with van der Waals surface area (Å²) in [4.78, 5) is 0.304. The van der Waals surface area contributed by atoms with Crippen molar-refractivity contribution in [1.82, 2.24) is 4.31 Å². The van der Waals surface area contributed by atoms with Crippen molar-refractivity contribution in [2.45, 2.75) is 25.2 Å². The van der Waals surface area contributed by atoms with Crippen molar-refractivity contribution in [1.29, 1.82) is 0 Å². The zero-order valence-electron chi connectivity index (χ0n) is 12.0. The molecule has 1 aromatic carbocycles. The van der Waals surface area contributed by atoms with E-state index in [1.165, 1.54) is 4.31 Å². The Balaban J connectivity index is 2.28. The summed E-state index contributed by atoms with van der Waals surface area (Å²) in [5.74, 6) is 0.283. The largest absolute Gasteiger partial charge is 0.398 e. The summed E-state index contributed by atoms with van der Waals surface area (Å²) in [6, 6.07) is 5.02. The third-order valence-electron chi connectivity index (χ3n) is 3.78. The van der Waals surface area contributed by atoms with Crippen molar-refractivity contribution in [3.8, 4) is 0 Å². The second-order valence-corrected chi connectivity index (χ2v) is 7.06. The summed E-state index contributed by atoms with van der Waals surface area (Å²) in [5.41, 5.74) is 6.94. The first-order chi connectivity index (χ1) is 9.46. The molecule has 1 aliphatic heterocycles. The van der Waals surface area contributed by atoms with Crippen molar-refractivity contribution in [2.24, 2.45) is 5.92 Å². The third kappa shape index (κ3) is 2.97. The van der Waals surface area contributed by atoms with E-state index < -0.39 is 10.0 Å². The van der Waals surface area contributed by atoms with Gasteiger partial charge < -0.3 is 10.5 Å². The molecule has 1 unspecified atom stereocenters. The molecule has 2 N–H and O–H groups in total. The summed E-state index contributed by atoms with van der Waals surface area (Å²) in [6.07, 6.45) is 0.919. The van der Waals surface area contributed by atoms with Crippen LogP contribution in [0.1, 0.15) is 18.9 Å². The summed E-state index contributed by atoms with van der Waals surface area (Å²) < 4.78 is 32.4. The molecule has 1 fully saturated rings. The van der Waals surface area contributed by atoms with Gasteiger partial charge in [-0.05, 0) is 37.0 Å². The molecular formula is C14H22N2O3S. The fourth-order valence-electron chi connectivity index (χ4n) is 2.46. The second-order valence-electron chi connectivity index (χ2n) is 5.16. The number of nitrogens with zero attached hydrogens (tertiary/aromatic N) is 1. The first-order valence-electron chi connectivity index (χ1n) is 6.89. The molecule has 1 saturated heterocycles. The molecule has 0 aromatic heterocycles. The van der Waals surface area contributed by atoms with Crippen LogP contribution >= 0.6 is 0 Å². The summed E-state index contributed by atoms with van der Waals surface area (Å²) in [6.45, 7) is 5.92. The number of benzene rings is 1. The Bertz CT molecular complexity index is 566. The lowest BCUT2D eigenvalue weighted by atomic mass is 10.1. The molecule has 1 aliphatic rings. The van der Waals surface area contributed by atoms with Gasteiger partial charge >= 0.3 is 0 Å². The SMILES string of the molecule is CCN(CC1CCOC1)S(=O)(=O)c1cccc(N)c1C. The number of anilines is 1. The monoisotopic (exact) mass is 298 g/mol. The number of hydrogen-bond donors (Lipinski definition) is 1. The van der Waals surface area contributed by atoms with Gasteiger partial charge in [-0.3, -0.25) is 0 Å². The lowest BCUT2D eigenvalue weighted by Gasteiger charge is -2.24. The third-order valence-corrected chi connectivity index (χ3v) is 5.87. The van der Waals surface area contributed by atoms with Crippen molar-refractivity contribution >= 4 is 15.7 Å². The van der Waals surface area contributed by atoms with Crippen LogP contribution in [0, 0.1) is 12.8 Å². The van der Waals surface area contributed by atoms with Crippen LogP contribution in [0.5, 0.6) is 0 Å². The number of nitrogens with two attached hydrogens (primary N) is 1. The van der Waals surface area contributed by atoms with Crippen LogP contribution in [0.2, 0.25) is 0 Å². The van der Waals surface area contributed by atoms with Gasteiger partial charge in [-0.25, -0.2) is 8.42 Å². The predicted molar refractivity (Wildman–Crippen MR) is 79.0 cm³/mol. The predicted octanol–water partition coefficient (Wildman–Crippen LogP) is 1.62. The molecule has 1 aromatic rings. The second kappa shape index (κ2) is 6.11. The molecule has 5 nitrogen and oxygen atoms in total. The molecule has 112 valence electrons. The van der Waals surface area contributed by atoms with E-state index in [1.807, 2.05) is 6.92 Å². The molecule has 1 atom stereocenters. The van der Waals surface area contributed by atoms with E-state index in [0.717, 1.165) is 13.0 Å². The zero-order chi connectivity index (χ0) is 14.8. The fourth-order valence-corrected chi connectivity index (χ4v) is 4.24. The molecular weight excluding hydrogens is 276 g/mol.